The molecule has 0 bridgehead atoms. The standard InChI is InChI=1S/C15H25N3O/c1-11(2)6-8-15(3,19)10-17-13-7-9-16-14(18-13)12-4-5-12/h7,9,11-12,19H,4-6,8,10H2,1-3H3,(H,16,17,18). The van der Waals surface area contributed by atoms with Gasteiger partial charge in [0.1, 0.15) is 11.6 Å². The Labute approximate surface area is 115 Å². The van der Waals surface area contributed by atoms with Gasteiger partial charge in [-0.15, -0.1) is 0 Å². The van der Waals surface area contributed by atoms with Crippen molar-refractivity contribution in [3.8, 4) is 0 Å². The molecule has 1 aromatic rings. The maximum Gasteiger partial charge on any atom is 0.133 e. The number of nitrogens with zero attached hydrogens (tertiary/aromatic N) is 2. The SMILES string of the molecule is CC(C)CCC(C)(O)CNc1ccnc(C2CC2)n1. The summed E-state index contributed by atoms with van der Waals surface area (Å²) >= 11 is 0. The third-order valence-electron chi connectivity index (χ3n) is 3.53. The van der Waals surface area contributed by atoms with Crippen LogP contribution in [0.3, 0.4) is 0 Å². The molecule has 1 aliphatic rings. The van der Waals surface area contributed by atoms with Crippen molar-refractivity contribution in [1.29, 1.82) is 0 Å². The molecule has 0 spiro atoms. The van der Waals surface area contributed by atoms with Crippen LogP contribution in [-0.2, 0) is 0 Å². The molecule has 0 aromatic carbocycles. The number of nitrogens with one attached hydrogen (secondary N) is 1. The highest BCUT2D eigenvalue weighted by Gasteiger charge is 2.27. The summed E-state index contributed by atoms with van der Waals surface area (Å²) in [5.41, 5.74) is -0.686. The summed E-state index contributed by atoms with van der Waals surface area (Å²) in [4.78, 5) is 8.79. The van der Waals surface area contributed by atoms with E-state index in [1.807, 2.05) is 13.0 Å². The predicted molar refractivity (Wildman–Crippen MR) is 77.2 cm³/mol. The molecule has 2 N–H and O–H groups in total. The number of rotatable bonds is 7. The Morgan fingerprint density at radius 2 is 2.21 bits per heavy atom. The molecule has 1 heterocycles. The van der Waals surface area contributed by atoms with E-state index in [4.69, 9.17) is 0 Å². The zero-order chi connectivity index (χ0) is 13.9. The van der Waals surface area contributed by atoms with E-state index < -0.39 is 5.60 Å². The fraction of sp³-hybridized carbons (Fsp3) is 0.733. The molecule has 1 fully saturated rings. The van der Waals surface area contributed by atoms with E-state index in [0.29, 0.717) is 18.4 Å². The summed E-state index contributed by atoms with van der Waals surface area (Å²) in [6.07, 6.45) is 6.04. The first kappa shape index (κ1) is 14.3. The number of aromatic nitrogens is 2. The molecule has 1 aliphatic carbocycles. The van der Waals surface area contributed by atoms with Crippen molar-refractivity contribution in [2.45, 2.75) is 58.0 Å². The Bertz CT molecular complexity index is 414. The number of aliphatic hydroxyl groups is 1. The van der Waals surface area contributed by atoms with Crippen LogP contribution in [0.25, 0.3) is 0 Å². The minimum absolute atomic E-state index is 0.529. The molecular formula is C15H25N3O. The summed E-state index contributed by atoms with van der Waals surface area (Å²) in [5, 5.41) is 13.5. The molecule has 0 radical (unpaired) electrons. The van der Waals surface area contributed by atoms with Gasteiger partial charge in [-0.1, -0.05) is 13.8 Å². The van der Waals surface area contributed by atoms with Crippen molar-refractivity contribution in [2.75, 3.05) is 11.9 Å². The molecule has 1 unspecified atom stereocenters. The molecule has 1 atom stereocenters. The largest absolute Gasteiger partial charge is 0.388 e. The lowest BCUT2D eigenvalue weighted by Gasteiger charge is -2.24. The molecule has 1 aromatic heterocycles. The first-order chi connectivity index (χ1) is 8.96. The van der Waals surface area contributed by atoms with Crippen molar-refractivity contribution in [3.63, 3.8) is 0 Å². The Balaban J connectivity index is 1.85. The van der Waals surface area contributed by atoms with Crippen molar-refractivity contribution in [2.24, 2.45) is 5.92 Å². The number of hydrogen-bond acceptors (Lipinski definition) is 4. The normalized spacial score (nSPS) is 18.4. The van der Waals surface area contributed by atoms with E-state index in [9.17, 15) is 5.11 Å². The number of hydrogen-bond donors (Lipinski definition) is 2. The van der Waals surface area contributed by atoms with Gasteiger partial charge in [0.25, 0.3) is 0 Å². The topological polar surface area (TPSA) is 58.0 Å². The van der Waals surface area contributed by atoms with Gasteiger partial charge in [-0.25, -0.2) is 9.97 Å². The van der Waals surface area contributed by atoms with E-state index in [2.05, 4.69) is 29.1 Å². The molecule has 4 heteroatoms. The molecule has 106 valence electrons. The summed E-state index contributed by atoms with van der Waals surface area (Å²) in [7, 11) is 0. The first-order valence-corrected chi connectivity index (χ1v) is 7.25. The van der Waals surface area contributed by atoms with Crippen molar-refractivity contribution in [3.05, 3.63) is 18.1 Å². The highest BCUT2D eigenvalue weighted by atomic mass is 16.3. The van der Waals surface area contributed by atoms with Crippen molar-refractivity contribution >= 4 is 5.82 Å². The molecule has 0 saturated heterocycles. The Morgan fingerprint density at radius 1 is 1.47 bits per heavy atom. The molecule has 0 aliphatic heterocycles. The maximum absolute atomic E-state index is 10.3. The van der Waals surface area contributed by atoms with Gasteiger partial charge < -0.3 is 10.4 Å². The van der Waals surface area contributed by atoms with Gasteiger partial charge in [0, 0.05) is 18.7 Å². The van der Waals surface area contributed by atoms with Crippen LogP contribution in [0.2, 0.25) is 0 Å². The average Bonchev–Trinajstić information content (AvgIpc) is 3.19. The lowest BCUT2D eigenvalue weighted by atomic mass is 9.95. The van der Waals surface area contributed by atoms with Gasteiger partial charge in [-0.05, 0) is 44.6 Å². The van der Waals surface area contributed by atoms with Crippen LogP contribution in [0, 0.1) is 5.92 Å². The molecule has 19 heavy (non-hydrogen) atoms. The average molecular weight is 263 g/mol. The van der Waals surface area contributed by atoms with Crippen molar-refractivity contribution in [1.82, 2.24) is 9.97 Å². The van der Waals surface area contributed by atoms with Gasteiger partial charge in [0.15, 0.2) is 0 Å². The van der Waals surface area contributed by atoms with Gasteiger partial charge >= 0.3 is 0 Å². The van der Waals surface area contributed by atoms with Crippen LogP contribution in [0.4, 0.5) is 5.82 Å². The van der Waals surface area contributed by atoms with E-state index in [0.717, 1.165) is 24.5 Å². The molecule has 1 saturated carbocycles. The zero-order valence-electron chi connectivity index (χ0n) is 12.2. The van der Waals surface area contributed by atoms with Crippen LogP contribution in [0.1, 0.15) is 58.2 Å². The second kappa shape index (κ2) is 5.87. The minimum atomic E-state index is -0.686. The van der Waals surface area contributed by atoms with Crippen LogP contribution in [-0.4, -0.2) is 27.2 Å². The van der Waals surface area contributed by atoms with E-state index in [1.54, 1.807) is 6.20 Å². The second-order valence-corrected chi connectivity index (χ2v) is 6.36. The highest BCUT2D eigenvalue weighted by Crippen LogP contribution is 2.38. The van der Waals surface area contributed by atoms with E-state index in [-0.39, 0.29) is 0 Å². The predicted octanol–water partition coefficient (Wildman–Crippen LogP) is 2.95. The summed E-state index contributed by atoms with van der Waals surface area (Å²) in [6, 6.07) is 1.87. The van der Waals surface area contributed by atoms with Gasteiger partial charge in [0.05, 0.1) is 5.60 Å². The van der Waals surface area contributed by atoms with E-state index >= 15 is 0 Å². The molecule has 0 amide bonds. The van der Waals surface area contributed by atoms with Crippen LogP contribution < -0.4 is 5.32 Å². The molecular weight excluding hydrogens is 238 g/mol. The second-order valence-electron chi connectivity index (χ2n) is 6.36. The van der Waals surface area contributed by atoms with Gasteiger partial charge in [-0.2, -0.15) is 0 Å². The minimum Gasteiger partial charge on any atom is -0.388 e. The highest BCUT2D eigenvalue weighted by molar-refractivity contribution is 5.34. The molecule has 2 rings (SSSR count). The third-order valence-corrected chi connectivity index (χ3v) is 3.53. The van der Waals surface area contributed by atoms with Gasteiger partial charge in [0.2, 0.25) is 0 Å². The fourth-order valence-electron chi connectivity index (χ4n) is 1.98. The summed E-state index contributed by atoms with van der Waals surface area (Å²) in [5.74, 6) is 2.93. The first-order valence-electron chi connectivity index (χ1n) is 7.25. The maximum atomic E-state index is 10.3. The molecule has 4 nitrogen and oxygen atoms in total. The Kier molecular flexibility index (Phi) is 4.40. The lowest BCUT2D eigenvalue weighted by Crippen LogP contribution is -2.34. The van der Waals surface area contributed by atoms with Gasteiger partial charge in [-0.3, -0.25) is 0 Å². The van der Waals surface area contributed by atoms with E-state index in [1.165, 1.54) is 12.8 Å². The fourth-order valence-corrected chi connectivity index (χ4v) is 1.98. The van der Waals surface area contributed by atoms with Crippen LogP contribution >= 0.6 is 0 Å². The smallest absolute Gasteiger partial charge is 0.133 e. The number of anilines is 1. The van der Waals surface area contributed by atoms with Crippen LogP contribution in [0.15, 0.2) is 12.3 Å². The van der Waals surface area contributed by atoms with Crippen LogP contribution in [0.5, 0.6) is 0 Å². The Hall–Kier alpha value is -1.16. The summed E-state index contributed by atoms with van der Waals surface area (Å²) < 4.78 is 0. The Morgan fingerprint density at radius 3 is 2.84 bits per heavy atom. The lowest BCUT2D eigenvalue weighted by molar-refractivity contribution is 0.0585. The third kappa shape index (κ3) is 4.78. The monoisotopic (exact) mass is 263 g/mol. The summed E-state index contributed by atoms with van der Waals surface area (Å²) in [6.45, 7) is 6.76. The zero-order valence-corrected chi connectivity index (χ0v) is 12.2. The quantitative estimate of drug-likeness (QED) is 0.794. The van der Waals surface area contributed by atoms with Crippen molar-refractivity contribution < 1.29 is 5.11 Å².